The summed E-state index contributed by atoms with van der Waals surface area (Å²) in [6, 6.07) is 12.1. The van der Waals surface area contributed by atoms with Crippen molar-refractivity contribution in [3.05, 3.63) is 65.6 Å². The molecule has 0 bridgehead atoms. The lowest BCUT2D eigenvalue weighted by molar-refractivity contribution is -0.271. The standard InChI is InChI=1S/C23H22F4N2O2/c1-21(2,18-10-16(24)8-9-20(18)31-3)13-22(30,23(25,26)27)14-29-12-15(11-28)17-6-4-5-7-19(17)29/h4-10,12,30H,13-14H2,1-3H3. The highest BCUT2D eigenvalue weighted by Crippen LogP contribution is 2.45. The minimum absolute atomic E-state index is 0.214. The molecule has 0 saturated heterocycles. The molecule has 3 aromatic rings. The van der Waals surface area contributed by atoms with E-state index in [1.54, 1.807) is 24.3 Å². The normalized spacial score (nSPS) is 14.3. The van der Waals surface area contributed by atoms with Gasteiger partial charge in [-0.25, -0.2) is 4.39 Å². The maximum atomic E-state index is 14.2. The molecular formula is C23H22F4N2O2. The van der Waals surface area contributed by atoms with Crippen LogP contribution in [-0.4, -0.2) is 28.6 Å². The number of methoxy groups -OCH3 is 1. The average molecular weight is 434 g/mol. The zero-order valence-corrected chi connectivity index (χ0v) is 17.3. The van der Waals surface area contributed by atoms with Crippen LogP contribution in [0.3, 0.4) is 0 Å². The molecule has 1 unspecified atom stereocenters. The second kappa shape index (κ2) is 7.89. The van der Waals surface area contributed by atoms with Crippen molar-refractivity contribution in [2.75, 3.05) is 7.11 Å². The first-order chi connectivity index (χ1) is 14.4. The molecule has 0 amide bonds. The fraction of sp³-hybridized carbons (Fsp3) is 0.348. The summed E-state index contributed by atoms with van der Waals surface area (Å²) in [5, 5.41) is 20.7. The number of halogens is 4. The van der Waals surface area contributed by atoms with Crippen LogP contribution in [0.1, 0.15) is 31.4 Å². The molecule has 1 atom stereocenters. The molecule has 1 N–H and O–H groups in total. The Morgan fingerprint density at radius 2 is 1.81 bits per heavy atom. The summed E-state index contributed by atoms with van der Waals surface area (Å²) in [5.41, 5.74) is -3.61. The highest BCUT2D eigenvalue weighted by atomic mass is 19.4. The Labute approximate surface area is 177 Å². The van der Waals surface area contributed by atoms with Gasteiger partial charge in [0.05, 0.1) is 19.2 Å². The Morgan fingerprint density at radius 1 is 1.13 bits per heavy atom. The molecule has 0 aliphatic rings. The van der Waals surface area contributed by atoms with Crippen molar-refractivity contribution < 1.29 is 27.4 Å². The van der Waals surface area contributed by atoms with Gasteiger partial charge in [0.1, 0.15) is 17.6 Å². The first kappa shape index (κ1) is 22.6. The lowest BCUT2D eigenvalue weighted by Gasteiger charge is -2.38. The molecule has 0 aliphatic carbocycles. The fourth-order valence-electron chi connectivity index (χ4n) is 4.03. The Morgan fingerprint density at radius 3 is 2.42 bits per heavy atom. The monoisotopic (exact) mass is 434 g/mol. The van der Waals surface area contributed by atoms with Crippen LogP contribution in [0.5, 0.6) is 5.75 Å². The van der Waals surface area contributed by atoms with Crippen LogP contribution >= 0.6 is 0 Å². The van der Waals surface area contributed by atoms with Crippen molar-refractivity contribution in [1.29, 1.82) is 5.26 Å². The summed E-state index contributed by atoms with van der Waals surface area (Å²) >= 11 is 0. The smallest absolute Gasteiger partial charge is 0.418 e. The number of para-hydroxylation sites is 1. The number of benzene rings is 2. The second-order valence-corrected chi connectivity index (χ2v) is 8.23. The first-order valence-electron chi connectivity index (χ1n) is 9.53. The van der Waals surface area contributed by atoms with Gasteiger partial charge in [0.15, 0.2) is 5.60 Å². The van der Waals surface area contributed by atoms with Crippen LogP contribution in [0, 0.1) is 17.1 Å². The van der Waals surface area contributed by atoms with Gasteiger partial charge < -0.3 is 14.4 Å². The Bertz CT molecular complexity index is 1140. The molecule has 0 radical (unpaired) electrons. The number of ether oxygens (including phenoxy) is 1. The van der Waals surface area contributed by atoms with Crippen molar-refractivity contribution >= 4 is 10.9 Å². The maximum absolute atomic E-state index is 14.2. The number of rotatable bonds is 6. The van der Waals surface area contributed by atoms with Crippen LogP contribution in [0.15, 0.2) is 48.7 Å². The Hall–Kier alpha value is -3.05. The van der Waals surface area contributed by atoms with E-state index in [1.807, 2.05) is 6.07 Å². The maximum Gasteiger partial charge on any atom is 0.418 e. The SMILES string of the molecule is COc1ccc(F)cc1C(C)(C)CC(O)(Cn1cc(C#N)c2ccccc21)C(F)(F)F. The van der Waals surface area contributed by atoms with Gasteiger partial charge in [0, 0.05) is 22.7 Å². The Kier molecular flexibility index (Phi) is 5.76. The van der Waals surface area contributed by atoms with Gasteiger partial charge in [0.25, 0.3) is 0 Å². The van der Waals surface area contributed by atoms with Gasteiger partial charge >= 0.3 is 6.18 Å². The summed E-state index contributed by atoms with van der Waals surface area (Å²) in [5.74, 6) is -0.386. The van der Waals surface area contributed by atoms with Crippen LogP contribution in [0.2, 0.25) is 0 Å². The van der Waals surface area contributed by atoms with Gasteiger partial charge in [-0.05, 0) is 36.1 Å². The summed E-state index contributed by atoms with van der Waals surface area (Å²) in [7, 11) is 1.35. The topological polar surface area (TPSA) is 58.2 Å². The molecule has 3 rings (SSSR count). The number of nitrogens with zero attached hydrogens (tertiary/aromatic N) is 2. The summed E-state index contributed by atoms with van der Waals surface area (Å²) < 4.78 is 62.8. The lowest BCUT2D eigenvalue weighted by Crippen LogP contribution is -2.52. The van der Waals surface area contributed by atoms with E-state index in [9.17, 15) is 27.9 Å². The largest absolute Gasteiger partial charge is 0.496 e. The second-order valence-electron chi connectivity index (χ2n) is 8.23. The molecule has 0 aliphatic heterocycles. The number of aromatic nitrogens is 1. The number of hydrogen-bond acceptors (Lipinski definition) is 3. The summed E-state index contributed by atoms with van der Waals surface area (Å²) in [6.45, 7) is 2.17. The van der Waals surface area contributed by atoms with Crippen LogP contribution in [0.25, 0.3) is 10.9 Å². The first-order valence-corrected chi connectivity index (χ1v) is 9.53. The zero-order chi connectivity index (χ0) is 23.0. The van der Waals surface area contributed by atoms with Crippen LogP contribution < -0.4 is 4.74 Å². The zero-order valence-electron chi connectivity index (χ0n) is 17.3. The summed E-state index contributed by atoms with van der Waals surface area (Å²) in [6.07, 6.45) is -4.43. The van der Waals surface area contributed by atoms with E-state index in [0.717, 1.165) is 12.1 Å². The number of fused-ring (bicyclic) bond motifs is 1. The van der Waals surface area contributed by atoms with Crippen molar-refractivity contribution in [2.45, 2.75) is 44.0 Å². The van der Waals surface area contributed by atoms with Crippen molar-refractivity contribution in [3.63, 3.8) is 0 Å². The van der Waals surface area contributed by atoms with Gasteiger partial charge in [-0.15, -0.1) is 0 Å². The van der Waals surface area contributed by atoms with E-state index in [1.165, 1.54) is 37.8 Å². The third-order valence-electron chi connectivity index (χ3n) is 5.49. The van der Waals surface area contributed by atoms with Gasteiger partial charge in [0.2, 0.25) is 0 Å². The molecule has 1 heterocycles. The van der Waals surface area contributed by atoms with E-state index in [0.29, 0.717) is 10.9 Å². The number of alkyl halides is 3. The predicted octanol–water partition coefficient (Wildman–Crippen LogP) is 5.32. The molecule has 164 valence electrons. The van der Waals surface area contributed by atoms with Crippen molar-refractivity contribution in [1.82, 2.24) is 4.57 Å². The fourth-order valence-corrected chi connectivity index (χ4v) is 4.03. The minimum atomic E-state index is -4.98. The molecule has 31 heavy (non-hydrogen) atoms. The van der Waals surface area contributed by atoms with Crippen LogP contribution in [0.4, 0.5) is 17.6 Å². The van der Waals surface area contributed by atoms with E-state index in [4.69, 9.17) is 4.74 Å². The van der Waals surface area contributed by atoms with E-state index in [2.05, 4.69) is 0 Å². The molecule has 2 aromatic carbocycles. The molecule has 0 saturated carbocycles. The van der Waals surface area contributed by atoms with Gasteiger partial charge in [-0.2, -0.15) is 18.4 Å². The average Bonchev–Trinajstić information content (AvgIpc) is 3.04. The van der Waals surface area contributed by atoms with Crippen LogP contribution in [-0.2, 0) is 12.0 Å². The number of nitriles is 1. The van der Waals surface area contributed by atoms with E-state index >= 15 is 0 Å². The minimum Gasteiger partial charge on any atom is -0.496 e. The van der Waals surface area contributed by atoms with Crippen molar-refractivity contribution in [2.24, 2.45) is 0 Å². The lowest BCUT2D eigenvalue weighted by atomic mass is 9.74. The number of hydrogen-bond donors (Lipinski definition) is 1. The predicted molar refractivity (Wildman–Crippen MR) is 108 cm³/mol. The molecule has 8 heteroatoms. The quantitative estimate of drug-likeness (QED) is 0.534. The van der Waals surface area contributed by atoms with Gasteiger partial charge in [-0.3, -0.25) is 0 Å². The summed E-state index contributed by atoms with van der Waals surface area (Å²) in [4.78, 5) is 0. The molecule has 0 fully saturated rings. The third kappa shape index (κ3) is 4.23. The van der Waals surface area contributed by atoms with Gasteiger partial charge in [-0.1, -0.05) is 32.0 Å². The van der Waals surface area contributed by atoms with E-state index in [-0.39, 0.29) is 16.9 Å². The molecule has 1 aromatic heterocycles. The highest BCUT2D eigenvalue weighted by molar-refractivity contribution is 5.86. The molecule has 0 spiro atoms. The Balaban J connectivity index is 2.07. The van der Waals surface area contributed by atoms with Crippen molar-refractivity contribution in [3.8, 4) is 11.8 Å². The third-order valence-corrected chi connectivity index (χ3v) is 5.49. The molecule has 4 nitrogen and oxygen atoms in total. The molecular weight excluding hydrogens is 412 g/mol. The van der Waals surface area contributed by atoms with E-state index < -0.39 is 36.0 Å². The highest BCUT2D eigenvalue weighted by Gasteiger charge is 2.56. The number of aliphatic hydroxyl groups is 1.